The summed E-state index contributed by atoms with van der Waals surface area (Å²) in [5.74, 6) is 1.07. The quantitative estimate of drug-likeness (QED) is 0.450. The zero-order valence-corrected chi connectivity index (χ0v) is 16.7. The summed E-state index contributed by atoms with van der Waals surface area (Å²) in [7, 11) is 1.90. The molecular weight excluding hydrogens is 407 g/mol. The maximum Gasteiger partial charge on any atom is 0.193 e. The lowest BCUT2D eigenvalue weighted by atomic mass is 9.86. The highest BCUT2D eigenvalue weighted by atomic mass is 127. The summed E-state index contributed by atoms with van der Waals surface area (Å²) in [4.78, 5) is 11.4. The van der Waals surface area contributed by atoms with Gasteiger partial charge in [0.1, 0.15) is 0 Å². The topological polar surface area (TPSA) is 40.5 Å². The summed E-state index contributed by atoms with van der Waals surface area (Å²) in [6.07, 6.45) is 7.99. The summed E-state index contributed by atoms with van der Waals surface area (Å²) in [5, 5.41) is 6.82. The molecule has 2 aliphatic rings. The predicted octanol–water partition coefficient (Wildman–Crippen LogP) is 3.45. The van der Waals surface area contributed by atoms with Crippen LogP contribution < -0.4 is 5.32 Å². The molecule has 0 aromatic carbocycles. The Hall–Kier alpha value is -0.370. The minimum Gasteiger partial charge on any atom is -0.356 e. The van der Waals surface area contributed by atoms with Crippen molar-refractivity contribution < 1.29 is 0 Å². The van der Waals surface area contributed by atoms with Crippen LogP contribution in [-0.4, -0.2) is 42.5 Å². The van der Waals surface area contributed by atoms with Gasteiger partial charge >= 0.3 is 0 Å². The number of aliphatic imine (C=N–C) groups is 1. The number of aryl methyl sites for hydroxylation is 1. The Balaban J connectivity index is 0.00000176. The van der Waals surface area contributed by atoms with E-state index in [-0.39, 0.29) is 24.0 Å². The molecule has 3 rings (SSSR count). The molecule has 1 aliphatic heterocycles. The van der Waals surface area contributed by atoms with Crippen LogP contribution in [0, 0.1) is 12.3 Å². The van der Waals surface area contributed by atoms with E-state index in [1.165, 1.54) is 44.3 Å². The van der Waals surface area contributed by atoms with Gasteiger partial charge in [0.25, 0.3) is 0 Å². The number of aromatic nitrogens is 1. The van der Waals surface area contributed by atoms with E-state index in [1.807, 2.05) is 7.05 Å². The van der Waals surface area contributed by atoms with Crippen molar-refractivity contribution in [3.63, 3.8) is 0 Å². The first-order chi connectivity index (χ1) is 10.2. The van der Waals surface area contributed by atoms with Crippen LogP contribution in [0.25, 0.3) is 0 Å². The van der Waals surface area contributed by atoms with E-state index in [0.717, 1.165) is 30.5 Å². The third-order valence-electron chi connectivity index (χ3n) is 4.94. The lowest BCUT2D eigenvalue weighted by molar-refractivity contribution is 0.309. The minimum atomic E-state index is 0. The van der Waals surface area contributed by atoms with E-state index in [1.54, 1.807) is 11.3 Å². The normalized spacial score (nSPS) is 20.5. The van der Waals surface area contributed by atoms with Gasteiger partial charge in [-0.1, -0.05) is 12.8 Å². The fraction of sp³-hybridized carbons (Fsp3) is 0.750. The molecule has 1 aromatic rings. The monoisotopic (exact) mass is 434 g/mol. The number of nitrogens with zero attached hydrogens (tertiary/aromatic N) is 3. The number of rotatable bonds is 3. The highest BCUT2D eigenvalue weighted by Gasteiger charge is 2.40. The van der Waals surface area contributed by atoms with Gasteiger partial charge in [0.05, 0.1) is 10.7 Å². The van der Waals surface area contributed by atoms with E-state index < -0.39 is 0 Å². The van der Waals surface area contributed by atoms with Gasteiger partial charge < -0.3 is 10.2 Å². The molecule has 0 amide bonds. The lowest BCUT2D eigenvalue weighted by Crippen LogP contribution is -2.41. The predicted molar refractivity (Wildman–Crippen MR) is 104 cm³/mol. The largest absolute Gasteiger partial charge is 0.356 e. The summed E-state index contributed by atoms with van der Waals surface area (Å²) in [6, 6.07) is 0. The first-order valence-corrected chi connectivity index (χ1v) is 8.95. The zero-order valence-electron chi connectivity index (χ0n) is 13.6. The van der Waals surface area contributed by atoms with E-state index in [9.17, 15) is 0 Å². The van der Waals surface area contributed by atoms with Crippen molar-refractivity contribution in [2.45, 2.75) is 45.4 Å². The second-order valence-electron chi connectivity index (χ2n) is 6.46. The number of likely N-dealkylation sites (tertiary alicyclic amines) is 1. The van der Waals surface area contributed by atoms with Gasteiger partial charge in [-0.15, -0.1) is 35.3 Å². The first kappa shape index (κ1) is 18.0. The zero-order chi connectivity index (χ0) is 14.7. The third-order valence-corrected chi connectivity index (χ3v) is 5.77. The fourth-order valence-corrected chi connectivity index (χ4v) is 4.45. The second-order valence-corrected chi connectivity index (χ2v) is 7.52. The van der Waals surface area contributed by atoms with Gasteiger partial charge in [-0.2, -0.15) is 0 Å². The van der Waals surface area contributed by atoms with Gasteiger partial charge in [0.15, 0.2) is 5.96 Å². The number of halogens is 1. The van der Waals surface area contributed by atoms with Gasteiger partial charge in [-0.25, -0.2) is 4.98 Å². The molecule has 2 fully saturated rings. The standard InChI is InChI=1S/C16H26N4S.HI/c1-13-19-14(11-21-13)5-9-18-15(17-2)20-10-8-16(12-20)6-3-4-7-16;/h11H,3-10,12H2,1-2H3,(H,17,18);1H. The van der Waals surface area contributed by atoms with E-state index >= 15 is 0 Å². The number of hydrogen-bond donors (Lipinski definition) is 1. The van der Waals surface area contributed by atoms with Crippen molar-refractivity contribution in [1.82, 2.24) is 15.2 Å². The number of hydrogen-bond acceptors (Lipinski definition) is 3. The lowest BCUT2D eigenvalue weighted by Gasteiger charge is -2.25. The average molecular weight is 434 g/mol. The van der Waals surface area contributed by atoms with Crippen LogP contribution >= 0.6 is 35.3 Å². The maximum absolute atomic E-state index is 4.51. The van der Waals surface area contributed by atoms with Gasteiger partial charge in [0, 0.05) is 38.5 Å². The molecule has 1 saturated heterocycles. The van der Waals surface area contributed by atoms with Gasteiger partial charge in [-0.05, 0) is 31.6 Å². The van der Waals surface area contributed by atoms with Crippen molar-refractivity contribution >= 4 is 41.3 Å². The molecule has 1 spiro atoms. The summed E-state index contributed by atoms with van der Waals surface area (Å²) in [5.41, 5.74) is 1.79. The van der Waals surface area contributed by atoms with E-state index in [4.69, 9.17) is 0 Å². The Morgan fingerprint density at radius 2 is 2.18 bits per heavy atom. The Morgan fingerprint density at radius 3 is 2.82 bits per heavy atom. The molecular formula is C16H27IN4S. The molecule has 124 valence electrons. The van der Waals surface area contributed by atoms with Crippen LogP contribution in [0.3, 0.4) is 0 Å². The molecule has 0 radical (unpaired) electrons. The Bertz CT molecular complexity index is 508. The summed E-state index contributed by atoms with van der Waals surface area (Å²) in [6.45, 7) is 5.34. The molecule has 0 bridgehead atoms. The van der Waals surface area contributed by atoms with Crippen molar-refractivity contribution in [2.24, 2.45) is 10.4 Å². The molecule has 1 saturated carbocycles. The molecule has 22 heavy (non-hydrogen) atoms. The molecule has 2 heterocycles. The Labute approximate surface area is 154 Å². The SMILES string of the molecule is CN=C(NCCc1csc(C)n1)N1CCC2(CCCC2)C1.I. The number of nitrogens with one attached hydrogen (secondary N) is 1. The van der Waals surface area contributed by atoms with Gasteiger partial charge in [0.2, 0.25) is 0 Å². The first-order valence-electron chi connectivity index (χ1n) is 8.07. The van der Waals surface area contributed by atoms with Gasteiger partial charge in [-0.3, -0.25) is 4.99 Å². The molecule has 1 aromatic heterocycles. The summed E-state index contributed by atoms with van der Waals surface area (Å²) >= 11 is 1.73. The van der Waals surface area contributed by atoms with Crippen LogP contribution in [0.5, 0.6) is 0 Å². The average Bonchev–Trinajstić information content (AvgIpc) is 3.19. The van der Waals surface area contributed by atoms with Crippen LogP contribution in [0.2, 0.25) is 0 Å². The Morgan fingerprint density at radius 1 is 1.41 bits per heavy atom. The molecule has 6 heteroatoms. The van der Waals surface area contributed by atoms with E-state index in [0.29, 0.717) is 5.41 Å². The Kier molecular flexibility index (Phi) is 6.49. The van der Waals surface area contributed by atoms with Crippen LogP contribution in [0.1, 0.15) is 42.8 Å². The maximum atomic E-state index is 4.51. The fourth-order valence-electron chi connectivity index (χ4n) is 3.81. The number of guanidine groups is 1. The van der Waals surface area contributed by atoms with Crippen LogP contribution in [0.15, 0.2) is 10.4 Å². The van der Waals surface area contributed by atoms with Crippen molar-refractivity contribution in [1.29, 1.82) is 0 Å². The second kappa shape index (κ2) is 7.95. The van der Waals surface area contributed by atoms with Crippen LogP contribution in [0.4, 0.5) is 0 Å². The van der Waals surface area contributed by atoms with Crippen molar-refractivity contribution in [3.8, 4) is 0 Å². The smallest absolute Gasteiger partial charge is 0.193 e. The minimum absolute atomic E-state index is 0. The molecule has 0 atom stereocenters. The molecule has 1 N–H and O–H groups in total. The third kappa shape index (κ3) is 4.13. The molecule has 4 nitrogen and oxygen atoms in total. The highest BCUT2D eigenvalue weighted by Crippen LogP contribution is 2.45. The summed E-state index contributed by atoms with van der Waals surface area (Å²) < 4.78 is 0. The van der Waals surface area contributed by atoms with Crippen molar-refractivity contribution in [3.05, 3.63) is 16.1 Å². The molecule has 0 unspecified atom stereocenters. The van der Waals surface area contributed by atoms with Crippen LogP contribution in [-0.2, 0) is 6.42 Å². The highest BCUT2D eigenvalue weighted by molar-refractivity contribution is 14.0. The van der Waals surface area contributed by atoms with E-state index in [2.05, 4.69) is 32.5 Å². The number of thiazole rings is 1. The van der Waals surface area contributed by atoms with Crippen molar-refractivity contribution in [2.75, 3.05) is 26.7 Å². The molecule has 1 aliphatic carbocycles.